The van der Waals surface area contributed by atoms with E-state index in [0.717, 1.165) is 4.90 Å². The molecular weight excluding hydrogens is 322 g/mol. The Kier molecular flexibility index (Phi) is 2.08. The zero-order chi connectivity index (χ0) is 9.75. The molecule has 0 saturated carbocycles. The monoisotopic (exact) mass is 323 g/mol. The molecule has 6 heteroatoms. The van der Waals surface area contributed by atoms with E-state index in [1.54, 1.807) is 0 Å². The second-order valence-corrected chi connectivity index (χ2v) is 6.23. The van der Waals surface area contributed by atoms with E-state index in [9.17, 15) is 9.59 Å². The smallest absolute Gasteiger partial charge is 0.263 e. The number of carbonyl (C=O) groups is 2. The maximum absolute atomic E-state index is 11.5. The molecule has 1 aliphatic rings. The van der Waals surface area contributed by atoms with Crippen molar-refractivity contribution < 1.29 is 9.59 Å². The van der Waals surface area contributed by atoms with Crippen molar-refractivity contribution in [3.8, 4) is 0 Å². The Labute approximate surface area is 95.0 Å². The van der Waals surface area contributed by atoms with Crippen LogP contribution in [0.4, 0.5) is 0 Å². The van der Waals surface area contributed by atoms with Crippen molar-refractivity contribution in [2.45, 2.75) is 0 Å². The molecule has 68 valence electrons. The molecular formula is C7H3Br2NO2S. The molecule has 2 amide bonds. The van der Waals surface area contributed by atoms with Crippen molar-refractivity contribution in [1.82, 2.24) is 4.90 Å². The van der Waals surface area contributed by atoms with Crippen LogP contribution in [0, 0.1) is 0 Å². The van der Waals surface area contributed by atoms with Crippen LogP contribution in [0.1, 0.15) is 20.7 Å². The van der Waals surface area contributed by atoms with E-state index in [1.807, 2.05) is 0 Å². The highest BCUT2D eigenvalue weighted by atomic mass is 79.9. The number of imide groups is 1. The highest BCUT2D eigenvalue weighted by Gasteiger charge is 2.38. The van der Waals surface area contributed by atoms with Gasteiger partial charge in [-0.1, -0.05) is 0 Å². The fourth-order valence-electron chi connectivity index (χ4n) is 1.19. The first-order chi connectivity index (χ1) is 6.04. The summed E-state index contributed by atoms with van der Waals surface area (Å²) < 4.78 is 1.41. The largest absolute Gasteiger partial charge is 0.277 e. The lowest BCUT2D eigenvalue weighted by Gasteiger charge is -2.04. The topological polar surface area (TPSA) is 37.4 Å². The van der Waals surface area contributed by atoms with Crippen molar-refractivity contribution in [1.29, 1.82) is 0 Å². The van der Waals surface area contributed by atoms with Crippen LogP contribution in [-0.4, -0.2) is 23.8 Å². The van der Waals surface area contributed by atoms with Crippen molar-refractivity contribution in [2.75, 3.05) is 7.05 Å². The van der Waals surface area contributed by atoms with Crippen LogP contribution in [0.25, 0.3) is 0 Å². The van der Waals surface area contributed by atoms with Crippen LogP contribution in [0.3, 0.4) is 0 Å². The second-order valence-electron chi connectivity index (χ2n) is 2.57. The van der Waals surface area contributed by atoms with E-state index >= 15 is 0 Å². The maximum atomic E-state index is 11.5. The normalized spacial score (nSPS) is 15.5. The third-order valence-corrected chi connectivity index (χ3v) is 4.39. The van der Waals surface area contributed by atoms with Crippen LogP contribution in [-0.2, 0) is 0 Å². The molecule has 0 aromatic carbocycles. The van der Waals surface area contributed by atoms with Crippen LogP contribution in [0.2, 0.25) is 0 Å². The Morgan fingerprint density at radius 3 is 1.85 bits per heavy atom. The minimum absolute atomic E-state index is 0.242. The highest BCUT2D eigenvalue weighted by molar-refractivity contribution is 9.12. The van der Waals surface area contributed by atoms with Gasteiger partial charge in [0.2, 0.25) is 0 Å². The first kappa shape index (κ1) is 9.36. The summed E-state index contributed by atoms with van der Waals surface area (Å²) in [5.41, 5.74) is 0.953. The lowest BCUT2D eigenvalue weighted by molar-refractivity contribution is 0.0692. The number of thiophene rings is 1. The summed E-state index contributed by atoms with van der Waals surface area (Å²) in [5.74, 6) is -0.484. The lowest BCUT2D eigenvalue weighted by Crippen LogP contribution is -2.24. The zero-order valence-electron chi connectivity index (χ0n) is 6.43. The summed E-state index contributed by atoms with van der Waals surface area (Å²) in [6.07, 6.45) is 0. The average molecular weight is 325 g/mol. The van der Waals surface area contributed by atoms with Gasteiger partial charge < -0.3 is 0 Å². The van der Waals surface area contributed by atoms with Crippen LogP contribution >= 0.6 is 43.2 Å². The molecule has 0 atom stereocenters. The van der Waals surface area contributed by atoms with Gasteiger partial charge in [0.15, 0.2) is 0 Å². The number of hydrogen-bond donors (Lipinski definition) is 0. The van der Waals surface area contributed by atoms with Gasteiger partial charge in [-0.15, -0.1) is 11.3 Å². The molecule has 0 fully saturated rings. The van der Waals surface area contributed by atoms with Crippen LogP contribution < -0.4 is 0 Å². The first-order valence-electron chi connectivity index (χ1n) is 3.34. The summed E-state index contributed by atoms with van der Waals surface area (Å²) in [7, 11) is 1.48. The third-order valence-electron chi connectivity index (χ3n) is 1.86. The number of rotatable bonds is 0. The average Bonchev–Trinajstić information content (AvgIpc) is 2.47. The third kappa shape index (κ3) is 1.12. The van der Waals surface area contributed by atoms with Gasteiger partial charge in [-0.05, 0) is 31.9 Å². The highest BCUT2D eigenvalue weighted by Crippen LogP contribution is 2.41. The van der Waals surface area contributed by atoms with Gasteiger partial charge in [0, 0.05) is 7.05 Å². The molecule has 13 heavy (non-hydrogen) atoms. The number of carbonyl (C=O) groups excluding carboxylic acids is 2. The Bertz CT molecular complexity index is 390. The van der Waals surface area contributed by atoms with Gasteiger partial charge >= 0.3 is 0 Å². The molecule has 0 radical (unpaired) electrons. The molecule has 1 aromatic heterocycles. The molecule has 3 nitrogen and oxygen atoms in total. The maximum Gasteiger partial charge on any atom is 0.263 e. The Morgan fingerprint density at radius 2 is 1.46 bits per heavy atom. The van der Waals surface area contributed by atoms with E-state index < -0.39 is 0 Å². The van der Waals surface area contributed by atoms with Gasteiger partial charge in [-0.3, -0.25) is 14.5 Å². The quantitative estimate of drug-likeness (QED) is 0.688. The Balaban J connectivity index is 2.75. The van der Waals surface area contributed by atoms with Gasteiger partial charge in [-0.25, -0.2) is 0 Å². The molecule has 2 rings (SSSR count). The fraction of sp³-hybridized carbons (Fsp3) is 0.143. The molecule has 0 bridgehead atoms. The number of nitrogens with zero attached hydrogens (tertiary/aromatic N) is 1. The first-order valence-corrected chi connectivity index (χ1v) is 5.74. The lowest BCUT2D eigenvalue weighted by atomic mass is 10.2. The van der Waals surface area contributed by atoms with Gasteiger partial charge in [0.05, 0.1) is 18.7 Å². The predicted molar refractivity (Wildman–Crippen MR) is 56.1 cm³/mol. The van der Waals surface area contributed by atoms with E-state index in [4.69, 9.17) is 0 Å². The fourth-order valence-corrected chi connectivity index (χ4v) is 4.29. The predicted octanol–water partition coefficient (Wildman–Crippen LogP) is 2.50. The molecule has 0 saturated heterocycles. The minimum Gasteiger partial charge on any atom is -0.277 e. The number of halogens is 2. The van der Waals surface area contributed by atoms with Gasteiger partial charge in [0.25, 0.3) is 11.8 Å². The van der Waals surface area contributed by atoms with E-state index in [0.29, 0.717) is 18.7 Å². The molecule has 0 aliphatic carbocycles. The summed E-state index contributed by atoms with van der Waals surface area (Å²) in [6, 6.07) is 0. The van der Waals surface area contributed by atoms with Crippen LogP contribution in [0.5, 0.6) is 0 Å². The molecule has 0 spiro atoms. The Hall–Kier alpha value is -0.200. The number of hydrogen-bond acceptors (Lipinski definition) is 3. The van der Waals surface area contributed by atoms with E-state index in [2.05, 4.69) is 31.9 Å². The summed E-state index contributed by atoms with van der Waals surface area (Å²) >= 11 is 7.85. The molecule has 1 aromatic rings. The summed E-state index contributed by atoms with van der Waals surface area (Å²) in [6.45, 7) is 0. The summed E-state index contributed by atoms with van der Waals surface area (Å²) in [4.78, 5) is 24.1. The van der Waals surface area contributed by atoms with Crippen LogP contribution in [0.15, 0.2) is 7.57 Å². The Morgan fingerprint density at radius 1 is 1.08 bits per heavy atom. The summed E-state index contributed by atoms with van der Waals surface area (Å²) in [5, 5.41) is 0. The minimum atomic E-state index is -0.242. The molecule has 2 heterocycles. The standard InChI is InChI=1S/C7H3Br2NO2S/c1-10-6(11)2-3(7(10)12)5(9)13-4(2)8/h1H3. The van der Waals surface area contributed by atoms with Crippen molar-refractivity contribution >= 4 is 55.0 Å². The van der Waals surface area contributed by atoms with Crippen molar-refractivity contribution in [3.63, 3.8) is 0 Å². The molecule has 0 unspecified atom stereocenters. The van der Waals surface area contributed by atoms with Gasteiger partial charge in [-0.2, -0.15) is 0 Å². The number of fused-ring (bicyclic) bond motifs is 1. The van der Waals surface area contributed by atoms with E-state index in [1.165, 1.54) is 18.4 Å². The van der Waals surface area contributed by atoms with Gasteiger partial charge in [0.1, 0.15) is 0 Å². The second kappa shape index (κ2) is 2.90. The molecule has 0 N–H and O–H groups in total. The van der Waals surface area contributed by atoms with E-state index in [-0.39, 0.29) is 11.8 Å². The molecule has 1 aliphatic heterocycles. The van der Waals surface area contributed by atoms with Crippen molar-refractivity contribution in [2.24, 2.45) is 0 Å². The number of amides is 2. The zero-order valence-corrected chi connectivity index (χ0v) is 10.4. The SMILES string of the molecule is CN1C(=O)c2c(Br)sc(Br)c2C1=O. The van der Waals surface area contributed by atoms with Crippen molar-refractivity contribution in [3.05, 3.63) is 18.7 Å².